The van der Waals surface area contributed by atoms with Crippen LogP contribution in [0, 0.1) is 11.7 Å². The smallest absolute Gasteiger partial charge is 0.263 e. The van der Waals surface area contributed by atoms with Crippen molar-refractivity contribution in [3.8, 4) is 5.75 Å². The fourth-order valence-electron chi connectivity index (χ4n) is 2.48. The molecular weight excluding hydrogens is 309 g/mol. The highest BCUT2D eigenvalue weighted by Crippen LogP contribution is 2.26. The molecule has 2 rings (SSSR count). The Morgan fingerprint density at radius 3 is 2.95 bits per heavy atom. The molecule has 6 heteroatoms. The lowest BCUT2D eigenvalue weighted by Gasteiger charge is -2.27. The number of likely N-dealkylation sites (N-methyl/N-ethyl adjacent to an activating group) is 1. The van der Waals surface area contributed by atoms with Crippen molar-refractivity contribution >= 4 is 17.5 Å². The Bertz CT molecular complexity index is 520. The summed E-state index contributed by atoms with van der Waals surface area (Å²) in [6, 6.07) is 3.86. The molecule has 0 N–H and O–H groups in total. The van der Waals surface area contributed by atoms with Crippen LogP contribution in [0.1, 0.15) is 20.3 Å². The zero-order valence-corrected chi connectivity index (χ0v) is 13.6. The van der Waals surface area contributed by atoms with Gasteiger partial charge in [-0.05, 0) is 38.5 Å². The van der Waals surface area contributed by atoms with Crippen LogP contribution in [-0.2, 0) is 9.53 Å². The van der Waals surface area contributed by atoms with E-state index in [2.05, 4.69) is 0 Å². The third-order valence-corrected chi connectivity index (χ3v) is 4.04. The minimum absolute atomic E-state index is 0.102. The maximum atomic E-state index is 13.0. The normalized spacial score (nSPS) is 19.0. The van der Waals surface area contributed by atoms with E-state index in [9.17, 15) is 9.18 Å². The summed E-state index contributed by atoms with van der Waals surface area (Å²) in [6.45, 7) is 6.35. The SMILES string of the molecule is CCN(C[C@H]1CCOC1)C(=O)[C@@H](C)Oc1ccc(F)cc1Cl. The zero-order valence-electron chi connectivity index (χ0n) is 12.9. The van der Waals surface area contributed by atoms with Crippen LogP contribution in [0.3, 0.4) is 0 Å². The molecule has 4 nitrogen and oxygen atoms in total. The third kappa shape index (κ3) is 4.34. The molecule has 1 amide bonds. The second kappa shape index (κ2) is 7.79. The van der Waals surface area contributed by atoms with Gasteiger partial charge in [0, 0.05) is 25.6 Å². The van der Waals surface area contributed by atoms with Gasteiger partial charge in [-0.25, -0.2) is 4.39 Å². The van der Waals surface area contributed by atoms with Crippen LogP contribution in [0.2, 0.25) is 5.02 Å². The van der Waals surface area contributed by atoms with Gasteiger partial charge < -0.3 is 14.4 Å². The number of rotatable bonds is 6. The van der Waals surface area contributed by atoms with Gasteiger partial charge in [0.2, 0.25) is 0 Å². The lowest BCUT2D eigenvalue weighted by atomic mass is 10.1. The first-order valence-corrected chi connectivity index (χ1v) is 7.87. The van der Waals surface area contributed by atoms with Gasteiger partial charge in [0.1, 0.15) is 11.6 Å². The second-order valence-electron chi connectivity index (χ2n) is 5.44. The van der Waals surface area contributed by atoms with Crippen LogP contribution in [0.15, 0.2) is 18.2 Å². The summed E-state index contributed by atoms with van der Waals surface area (Å²) in [4.78, 5) is 14.3. The molecule has 1 aliphatic rings. The molecular formula is C16H21ClFNO3. The van der Waals surface area contributed by atoms with E-state index in [1.807, 2.05) is 6.92 Å². The molecule has 1 aromatic carbocycles. The second-order valence-corrected chi connectivity index (χ2v) is 5.85. The van der Waals surface area contributed by atoms with E-state index in [1.54, 1.807) is 11.8 Å². The predicted octanol–water partition coefficient (Wildman–Crippen LogP) is 3.13. The Kier molecular flexibility index (Phi) is 6.03. The summed E-state index contributed by atoms with van der Waals surface area (Å²) < 4.78 is 24.0. The summed E-state index contributed by atoms with van der Waals surface area (Å²) in [5.41, 5.74) is 0. The molecule has 0 radical (unpaired) electrons. The highest BCUT2D eigenvalue weighted by Gasteiger charge is 2.26. The first-order valence-electron chi connectivity index (χ1n) is 7.49. The Balaban J connectivity index is 1.96. The number of carbonyl (C=O) groups is 1. The van der Waals surface area contributed by atoms with Gasteiger partial charge in [-0.2, -0.15) is 0 Å². The van der Waals surface area contributed by atoms with E-state index in [4.69, 9.17) is 21.1 Å². The van der Waals surface area contributed by atoms with Crippen LogP contribution in [0.25, 0.3) is 0 Å². The first kappa shape index (κ1) is 17.0. The number of ether oxygens (including phenoxy) is 2. The fraction of sp³-hybridized carbons (Fsp3) is 0.562. The number of carbonyl (C=O) groups excluding carboxylic acids is 1. The van der Waals surface area contributed by atoms with Gasteiger partial charge in [-0.15, -0.1) is 0 Å². The standard InChI is InChI=1S/C16H21ClFNO3/c1-3-19(9-12-6-7-21-10-12)16(20)11(2)22-15-5-4-13(18)8-14(15)17/h4-5,8,11-12H,3,6-7,9-10H2,1-2H3/t11-,12-/m1/s1. The summed E-state index contributed by atoms with van der Waals surface area (Å²) in [5, 5.41) is 0.159. The molecule has 0 bridgehead atoms. The van der Waals surface area contributed by atoms with Crippen molar-refractivity contribution in [3.05, 3.63) is 29.0 Å². The third-order valence-electron chi connectivity index (χ3n) is 3.74. The maximum Gasteiger partial charge on any atom is 0.263 e. The van der Waals surface area contributed by atoms with Crippen LogP contribution >= 0.6 is 11.6 Å². The summed E-state index contributed by atoms with van der Waals surface area (Å²) in [6.07, 6.45) is 0.299. The van der Waals surface area contributed by atoms with Crippen molar-refractivity contribution in [2.45, 2.75) is 26.4 Å². The molecule has 0 aromatic heterocycles. The number of benzene rings is 1. The molecule has 1 aromatic rings. The van der Waals surface area contributed by atoms with E-state index in [-0.39, 0.29) is 10.9 Å². The average Bonchev–Trinajstić information content (AvgIpc) is 3.00. The monoisotopic (exact) mass is 329 g/mol. The van der Waals surface area contributed by atoms with Crippen LogP contribution < -0.4 is 4.74 Å². The topological polar surface area (TPSA) is 38.8 Å². The number of hydrogen-bond donors (Lipinski definition) is 0. The molecule has 0 aliphatic carbocycles. The molecule has 0 spiro atoms. The highest BCUT2D eigenvalue weighted by atomic mass is 35.5. The van der Waals surface area contributed by atoms with Gasteiger partial charge in [0.05, 0.1) is 11.6 Å². The number of hydrogen-bond acceptors (Lipinski definition) is 3. The minimum Gasteiger partial charge on any atom is -0.479 e. The van der Waals surface area contributed by atoms with Crippen molar-refractivity contribution in [3.63, 3.8) is 0 Å². The zero-order chi connectivity index (χ0) is 16.1. The summed E-state index contributed by atoms with van der Waals surface area (Å²) in [7, 11) is 0. The Morgan fingerprint density at radius 1 is 1.59 bits per heavy atom. The van der Waals surface area contributed by atoms with E-state index < -0.39 is 11.9 Å². The first-order chi connectivity index (χ1) is 10.5. The average molecular weight is 330 g/mol. The quantitative estimate of drug-likeness (QED) is 0.805. The predicted molar refractivity (Wildman–Crippen MR) is 82.7 cm³/mol. The number of nitrogens with zero attached hydrogens (tertiary/aromatic N) is 1. The van der Waals surface area contributed by atoms with Crippen molar-refractivity contribution in [2.75, 3.05) is 26.3 Å². The Morgan fingerprint density at radius 2 is 2.36 bits per heavy atom. The largest absolute Gasteiger partial charge is 0.479 e. The van der Waals surface area contributed by atoms with E-state index in [0.717, 1.165) is 13.0 Å². The Labute approximate surface area is 135 Å². The van der Waals surface area contributed by atoms with Crippen molar-refractivity contribution in [1.29, 1.82) is 0 Å². The van der Waals surface area contributed by atoms with Crippen molar-refractivity contribution < 1.29 is 18.7 Å². The summed E-state index contributed by atoms with van der Waals surface area (Å²) >= 11 is 5.92. The Hall–Kier alpha value is -1.33. The fourth-order valence-corrected chi connectivity index (χ4v) is 2.69. The summed E-state index contributed by atoms with van der Waals surface area (Å²) in [5.74, 6) is 0.150. The van der Waals surface area contributed by atoms with Crippen molar-refractivity contribution in [2.24, 2.45) is 5.92 Å². The maximum absolute atomic E-state index is 13.0. The van der Waals surface area contributed by atoms with Gasteiger partial charge in [0.15, 0.2) is 6.10 Å². The van der Waals surface area contributed by atoms with Gasteiger partial charge in [0.25, 0.3) is 5.91 Å². The lowest BCUT2D eigenvalue weighted by molar-refractivity contribution is -0.138. The van der Waals surface area contributed by atoms with Gasteiger partial charge in [-0.3, -0.25) is 4.79 Å². The van der Waals surface area contributed by atoms with E-state index >= 15 is 0 Å². The minimum atomic E-state index is -0.676. The molecule has 1 heterocycles. The van der Waals surface area contributed by atoms with E-state index in [1.165, 1.54) is 18.2 Å². The molecule has 1 aliphatic heterocycles. The van der Waals surface area contributed by atoms with Crippen LogP contribution in [0.4, 0.5) is 4.39 Å². The van der Waals surface area contributed by atoms with E-state index in [0.29, 0.717) is 31.4 Å². The van der Waals surface area contributed by atoms with Gasteiger partial charge in [-0.1, -0.05) is 11.6 Å². The van der Waals surface area contributed by atoms with Crippen molar-refractivity contribution in [1.82, 2.24) is 4.90 Å². The van der Waals surface area contributed by atoms with Gasteiger partial charge >= 0.3 is 0 Å². The molecule has 1 fully saturated rings. The van der Waals surface area contributed by atoms with Crippen LogP contribution in [-0.4, -0.2) is 43.2 Å². The number of halogens is 2. The number of amides is 1. The molecule has 1 saturated heterocycles. The van der Waals surface area contributed by atoms with Crippen LogP contribution in [0.5, 0.6) is 5.75 Å². The molecule has 0 unspecified atom stereocenters. The molecule has 2 atom stereocenters. The molecule has 122 valence electrons. The lowest BCUT2D eigenvalue weighted by Crippen LogP contribution is -2.43. The molecule has 0 saturated carbocycles. The highest BCUT2D eigenvalue weighted by molar-refractivity contribution is 6.32. The molecule has 22 heavy (non-hydrogen) atoms.